The molecule has 0 aliphatic heterocycles. The molecule has 3 nitrogen and oxygen atoms in total. The molecule has 0 heterocycles. The fourth-order valence-electron chi connectivity index (χ4n) is 1.43. The number of carboxylic acid groups (broad SMARTS) is 1. The van der Waals surface area contributed by atoms with Crippen LogP contribution >= 0.6 is 0 Å². The molecule has 0 saturated heterocycles. The number of halogens is 3. The van der Waals surface area contributed by atoms with Crippen molar-refractivity contribution >= 4 is 5.97 Å². The summed E-state index contributed by atoms with van der Waals surface area (Å²) in [4.78, 5) is 10.7. The molecule has 0 amide bonds. The van der Waals surface area contributed by atoms with E-state index in [1.165, 1.54) is 12.1 Å². The molecule has 0 aromatic heterocycles. The van der Waals surface area contributed by atoms with Crippen molar-refractivity contribution in [2.45, 2.75) is 0 Å². The van der Waals surface area contributed by atoms with Gasteiger partial charge in [-0.15, -0.1) is 0 Å². The van der Waals surface area contributed by atoms with Crippen molar-refractivity contribution in [2.75, 3.05) is 0 Å². The summed E-state index contributed by atoms with van der Waals surface area (Å²) in [5, 5.41) is 8.69. The van der Waals surface area contributed by atoms with Crippen LogP contribution in [0.1, 0.15) is 10.4 Å². The fourth-order valence-corrected chi connectivity index (χ4v) is 1.43. The van der Waals surface area contributed by atoms with E-state index in [2.05, 4.69) is 0 Å². The van der Waals surface area contributed by atoms with Gasteiger partial charge in [-0.2, -0.15) is 4.39 Å². The predicted octanol–water partition coefficient (Wildman–Crippen LogP) is 3.59. The molecule has 0 spiro atoms. The number of para-hydroxylation sites is 1. The predicted molar refractivity (Wildman–Crippen MR) is 59.8 cm³/mol. The maximum absolute atomic E-state index is 13.5. The molecule has 0 aliphatic carbocycles. The molecule has 0 aliphatic rings. The van der Waals surface area contributed by atoms with E-state index >= 15 is 0 Å². The first kappa shape index (κ1) is 12.9. The topological polar surface area (TPSA) is 46.5 Å². The van der Waals surface area contributed by atoms with Gasteiger partial charge in [0, 0.05) is 6.07 Å². The zero-order chi connectivity index (χ0) is 14.0. The van der Waals surface area contributed by atoms with Crippen LogP contribution in [0.4, 0.5) is 13.2 Å². The first-order chi connectivity index (χ1) is 9.00. The van der Waals surface area contributed by atoms with Crippen molar-refractivity contribution in [1.29, 1.82) is 0 Å². The lowest BCUT2D eigenvalue weighted by Crippen LogP contribution is -2.06. The van der Waals surface area contributed by atoms with Gasteiger partial charge in [-0.3, -0.25) is 0 Å². The molecule has 2 aromatic rings. The van der Waals surface area contributed by atoms with Gasteiger partial charge in [0.05, 0.1) is 0 Å². The van der Waals surface area contributed by atoms with Gasteiger partial charge in [0.1, 0.15) is 11.3 Å². The fraction of sp³-hybridized carbons (Fsp3) is 0. The Morgan fingerprint density at radius 3 is 2.21 bits per heavy atom. The number of benzene rings is 2. The molecule has 1 N–H and O–H groups in total. The second-order valence-electron chi connectivity index (χ2n) is 3.58. The summed E-state index contributed by atoms with van der Waals surface area (Å²) >= 11 is 0. The first-order valence-corrected chi connectivity index (χ1v) is 5.14. The smallest absolute Gasteiger partial charge is 0.338 e. The monoisotopic (exact) mass is 268 g/mol. The van der Waals surface area contributed by atoms with Crippen molar-refractivity contribution in [3.05, 3.63) is 59.4 Å². The lowest BCUT2D eigenvalue weighted by atomic mass is 10.2. The van der Waals surface area contributed by atoms with Crippen LogP contribution < -0.4 is 4.74 Å². The van der Waals surface area contributed by atoms with Crippen LogP contribution in [0, 0.1) is 17.5 Å². The normalized spacial score (nSPS) is 10.3. The van der Waals surface area contributed by atoms with Crippen molar-refractivity contribution in [3.8, 4) is 11.5 Å². The largest absolute Gasteiger partial charge is 0.478 e. The number of hydrogen-bond donors (Lipinski definition) is 1. The van der Waals surface area contributed by atoms with Crippen LogP contribution in [0.5, 0.6) is 11.5 Å². The summed E-state index contributed by atoms with van der Waals surface area (Å²) in [7, 11) is 0. The van der Waals surface area contributed by atoms with Gasteiger partial charge in [0.15, 0.2) is 17.4 Å². The van der Waals surface area contributed by atoms with E-state index in [9.17, 15) is 18.0 Å². The Morgan fingerprint density at radius 2 is 1.63 bits per heavy atom. The average molecular weight is 268 g/mol. The lowest BCUT2D eigenvalue weighted by Gasteiger charge is -2.09. The van der Waals surface area contributed by atoms with Crippen LogP contribution in [0.15, 0.2) is 36.4 Å². The number of carbonyl (C=O) groups is 1. The standard InChI is InChI=1S/C13H7F3O3/c14-10-8(13(17)18)6-9(11(15)12(10)16)19-7-4-2-1-3-5-7/h1-6H,(H,17,18). The Balaban J connectivity index is 2.49. The summed E-state index contributed by atoms with van der Waals surface area (Å²) < 4.78 is 44.9. The van der Waals surface area contributed by atoms with Crippen molar-refractivity contribution in [3.63, 3.8) is 0 Å². The Labute approximate surface area is 105 Å². The zero-order valence-corrected chi connectivity index (χ0v) is 9.36. The summed E-state index contributed by atoms with van der Waals surface area (Å²) in [6, 6.07) is 8.37. The third kappa shape index (κ3) is 2.52. The highest BCUT2D eigenvalue weighted by atomic mass is 19.2. The molecule has 6 heteroatoms. The van der Waals surface area contributed by atoms with Crippen molar-refractivity contribution < 1.29 is 27.8 Å². The highest BCUT2D eigenvalue weighted by molar-refractivity contribution is 5.88. The molecular weight excluding hydrogens is 261 g/mol. The Hall–Kier alpha value is -2.50. The molecular formula is C13H7F3O3. The van der Waals surface area contributed by atoms with E-state index in [4.69, 9.17) is 9.84 Å². The SMILES string of the molecule is O=C(O)c1cc(Oc2ccccc2)c(F)c(F)c1F. The number of rotatable bonds is 3. The molecule has 0 atom stereocenters. The summed E-state index contributed by atoms with van der Waals surface area (Å²) in [6.45, 7) is 0. The third-order valence-electron chi connectivity index (χ3n) is 2.32. The minimum atomic E-state index is -1.88. The minimum Gasteiger partial charge on any atom is -0.478 e. The molecule has 19 heavy (non-hydrogen) atoms. The number of aromatic carboxylic acids is 1. The highest BCUT2D eigenvalue weighted by Crippen LogP contribution is 2.29. The number of ether oxygens (including phenoxy) is 1. The van der Waals surface area contributed by atoms with Crippen molar-refractivity contribution in [1.82, 2.24) is 0 Å². The second-order valence-corrected chi connectivity index (χ2v) is 3.58. The average Bonchev–Trinajstić information content (AvgIpc) is 2.40. The van der Waals surface area contributed by atoms with Gasteiger partial charge in [0.25, 0.3) is 0 Å². The molecule has 0 unspecified atom stereocenters. The number of hydrogen-bond acceptors (Lipinski definition) is 2. The molecule has 2 aromatic carbocycles. The van der Waals surface area contributed by atoms with E-state index in [1.807, 2.05) is 0 Å². The quantitative estimate of drug-likeness (QED) is 0.865. The van der Waals surface area contributed by atoms with Gasteiger partial charge >= 0.3 is 5.97 Å². The Bertz CT molecular complexity index is 627. The first-order valence-electron chi connectivity index (χ1n) is 5.14. The van der Waals surface area contributed by atoms with Crippen LogP contribution in [-0.2, 0) is 0 Å². The molecule has 0 radical (unpaired) electrons. The maximum atomic E-state index is 13.5. The van der Waals surface area contributed by atoms with Crippen LogP contribution in [0.3, 0.4) is 0 Å². The molecule has 0 saturated carbocycles. The van der Waals surface area contributed by atoms with E-state index in [-0.39, 0.29) is 5.75 Å². The van der Waals surface area contributed by atoms with Gasteiger partial charge in [0.2, 0.25) is 5.82 Å². The minimum absolute atomic E-state index is 0.170. The lowest BCUT2D eigenvalue weighted by molar-refractivity contribution is 0.0690. The van der Waals surface area contributed by atoms with E-state index in [0.717, 1.165) is 0 Å². The molecule has 2 rings (SSSR count). The second kappa shape index (κ2) is 5.01. The van der Waals surface area contributed by atoms with E-state index in [1.54, 1.807) is 18.2 Å². The van der Waals surface area contributed by atoms with Crippen LogP contribution in [0.2, 0.25) is 0 Å². The zero-order valence-electron chi connectivity index (χ0n) is 9.36. The van der Waals surface area contributed by atoms with Gasteiger partial charge in [-0.25, -0.2) is 13.6 Å². The van der Waals surface area contributed by atoms with Crippen LogP contribution in [0.25, 0.3) is 0 Å². The summed E-state index contributed by atoms with van der Waals surface area (Å²) in [6.07, 6.45) is 0. The summed E-state index contributed by atoms with van der Waals surface area (Å²) in [5.41, 5.74) is -0.996. The molecule has 98 valence electrons. The van der Waals surface area contributed by atoms with Gasteiger partial charge < -0.3 is 9.84 Å². The number of carboxylic acids is 1. The van der Waals surface area contributed by atoms with E-state index < -0.39 is 34.7 Å². The Morgan fingerprint density at radius 1 is 1.00 bits per heavy atom. The maximum Gasteiger partial charge on any atom is 0.338 e. The molecule has 0 bridgehead atoms. The molecule has 0 fully saturated rings. The van der Waals surface area contributed by atoms with Gasteiger partial charge in [-0.1, -0.05) is 18.2 Å². The van der Waals surface area contributed by atoms with Gasteiger partial charge in [-0.05, 0) is 12.1 Å². The van der Waals surface area contributed by atoms with Crippen molar-refractivity contribution in [2.24, 2.45) is 0 Å². The van der Waals surface area contributed by atoms with E-state index in [0.29, 0.717) is 6.07 Å². The highest BCUT2D eigenvalue weighted by Gasteiger charge is 2.23. The summed E-state index contributed by atoms with van der Waals surface area (Å²) in [5.74, 6) is -7.46. The third-order valence-corrected chi connectivity index (χ3v) is 2.32. The Kier molecular flexibility index (Phi) is 3.41. The van der Waals surface area contributed by atoms with Crippen LogP contribution in [-0.4, -0.2) is 11.1 Å².